The van der Waals surface area contributed by atoms with Gasteiger partial charge in [-0.3, -0.25) is 9.59 Å². The molecule has 100 valence electrons. The van der Waals surface area contributed by atoms with E-state index in [4.69, 9.17) is 0 Å². The molecule has 0 spiro atoms. The lowest BCUT2D eigenvalue weighted by atomic mass is 10.3. The Morgan fingerprint density at radius 3 is 2.67 bits per heavy atom. The van der Waals surface area contributed by atoms with Crippen molar-refractivity contribution >= 4 is 23.3 Å². The first kappa shape index (κ1) is 14.6. The van der Waals surface area contributed by atoms with Gasteiger partial charge in [0.15, 0.2) is 0 Å². The normalized spacial score (nSPS) is 10.5. The Labute approximate surface area is 111 Å². The second-order valence-corrected chi connectivity index (χ2v) is 5.04. The molecule has 0 aliphatic carbocycles. The fourth-order valence-corrected chi connectivity index (χ4v) is 2.18. The van der Waals surface area contributed by atoms with Gasteiger partial charge < -0.3 is 10.2 Å². The van der Waals surface area contributed by atoms with Gasteiger partial charge in [-0.25, -0.2) is 0 Å². The summed E-state index contributed by atoms with van der Waals surface area (Å²) in [5, 5.41) is 6.63. The number of aromatic nitrogens is 2. The number of carbonyl (C=O) groups excluding carboxylic acids is 2. The fraction of sp³-hybridized carbons (Fsp3) is 0.636. The van der Waals surface area contributed by atoms with E-state index < -0.39 is 0 Å². The second-order valence-electron chi connectivity index (χ2n) is 4.29. The van der Waals surface area contributed by atoms with Crippen molar-refractivity contribution in [3.05, 3.63) is 10.6 Å². The minimum atomic E-state index is -0.208. The number of carbonyl (C=O) groups is 2. The third-order valence-electron chi connectivity index (χ3n) is 2.26. The first-order chi connectivity index (χ1) is 8.45. The SMILES string of the molecule is CCc1nnsc1C(=O)N(C)CC(=O)NC(C)C. The number of nitrogens with zero attached hydrogens (tertiary/aromatic N) is 3. The number of hydrogen-bond acceptors (Lipinski definition) is 5. The lowest BCUT2D eigenvalue weighted by Gasteiger charge is -2.17. The van der Waals surface area contributed by atoms with Crippen LogP contribution in [0.4, 0.5) is 0 Å². The van der Waals surface area contributed by atoms with E-state index in [9.17, 15) is 9.59 Å². The van der Waals surface area contributed by atoms with Gasteiger partial charge in [0.05, 0.1) is 12.2 Å². The standard InChI is InChI=1S/C11H18N4O2S/c1-5-8-10(18-14-13-8)11(17)15(4)6-9(16)12-7(2)3/h7H,5-6H2,1-4H3,(H,12,16). The van der Waals surface area contributed by atoms with Crippen LogP contribution in [0.5, 0.6) is 0 Å². The van der Waals surface area contributed by atoms with E-state index in [1.54, 1.807) is 7.05 Å². The van der Waals surface area contributed by atoms with Crippen LogP contribution < -0.4 is 5.32 Å². The number of rotatable bonds is 5. The van der Waals surface area contributed by atoms with Crippen LogP contribution >= 0.6 is 11.5 Å². The lowest BCUT2D eigenvalue weighted by molar-refractivity contribution is -0.122. The highest BCUT2D eigenvalue weighted by molar-refractivity contribution is 7.08. The summed E-state index contributed by atoms with van der Waals surface area (Å²) in [6.07, 6.45) is 0.656. The molecule has 1 N–H and O–H groups in total. The molecule has 0 unspecified atom stereocenters. The molecule has 1 rings (SSSR count). The molecule has 0 aliphatic rings. The summed E-state index contributed by atoms with van der Waals surface area (Å²) in [4.78, 5) is 25.5. The summed E-state index contributed by atoms with van der Waals surface area (Å²) in [5.41, 5.74) is 0.682. The van der Waals surface area contributed by atoms with Gasteiger partial charge in [0.1, 0.15) is 4.88 Å². The van der Waals surface area contributed by atoms with Crippen LogP contribution in [-0.4, -0.2) is 45.9 Å². The van der Waals surface area contributed by atoms with Crippen molar-refractivity contribution in [1.29, 1.82) is 0 Å². The van der Waals surface area contributed by atoms with Crippen LogP contribution in [0.3, 0.4) is 0 Å². The fourth-order valence-electron chi connectivity index (χ4n) is 1.43. The van der Waals surface area contributed by atoms with Gasteiger partial charge in [-0.15, -0.1) is 5.10 Å². The van der Waals surface area contributed by atoms with E-state index in [0.29, 0.717) is 17.0 Å². The zero-order valence-corrected chi connectivity index (χ0v) is 11.9. The van der Waals surface area contributed by atoms with E-state index in [1.807, 2.05) is 20.8 Å². The number of hydrogen-bond donors (Lipinski definition) is 1. The molecule has 2 amide bonds. The van der Waals surface area contributed by atoms with E-state index in [0.717, 1.165) is 11.5 Å². The van der Waals surface area contributed by atoms with E-state index >= 15 is 0 Å². The van der Waals surface area contributed by atoms with E-state index in [1.165, 1.54) is 4.90 Å². The van der Waals surface area contributed by atoms with Crippen molar-refractivity contribution in [1.82, 2.24) is 19.8 Å². The summed E-state index contributed by atoms with van der Waals surface area (Å²) in [6.45, 7) is 5.71. The zero-order valence-electron chi connectivity index (χ0n) is 11.1. The van der Waals surface area contributed by atoms with Gasteiger partial charge in [0.25, 0.3) is 5.91 Å². The van der Waals surface area contributed by atoms with Gasteiger partial charge >= 0.3 is 0 Å². The van der Waals surface area contributed by atoms with Gasteiger partial charge in [-0.1, -0.05) is 11.4 Å². The van der Waals surface area contributed by atoms with Crippen molar-refractivity contribution in [2.75, 3.05) is 13.6 Å². The van der Waals surface area contributed by atoms with Crippen molar-refractivity contribution in [2.24, 2.45) is 0 Å². The van der Waals surface area contributed by atoms with Crippen molar-refractivity contribution in [3.63, 3.8) is 0 Å². The Hall–Kier alpha value is -1.50. The molecule has 0 saturated carbocycles. The Bertz CT molecular complexity index is 430. The molecule has 7 heteroatoms. The van der Waals surface area contributed by atoms with Gasteiger partial charge in [-0.05, 0) is 31.8 Å². The summed E-state index contributed by atoms with van der Waals surface area (Å²) in [7, 11) is 1.60. The Kier molecular flexibility index (Phi) is 5.21. The third-order valence-corrected chi connectivity index (χ3v) is 3.02. The minimum Gasteiger partial charge on any atom is -0.352 e. The Morgan fingerprint density at radius 2 is 2.11 bits per heavy atom. The zero-order chi connectivity index (χ0) is 13.7. The lowest BCUT2D eigenvalue weighted by Crippen LogP contribution is -2.40. The maximum atomic E-state index is 12.1. The number of likely N-dealkylation sites (N-methyl/N-ethyl adjacent to an activating group) is 1. The molecule has 0 radical (unpaired) electrons. The smallest absolute Gasteiger partial charge is 0.267 e. The molecule has 0 aliphatic heterocycles. The minimum absolute atomic E-state index is 0.0397. The molecule has 0 atom stereocenters. The largest absolute Gasteiger partial charge is 0.352 e. The topological polar surface area (TPSA) is 75.2 Å². The van der Waals surface area contributed by atoms with Gasteiger partial charge in [0, 0.05) is 13.1 Å². The monoisotopic (exact) mass is 270 g/mol. The van der Waals surface area contributed by atoms with Crippen LogP contribution in [0.25, 0.3) is 0 Å². The molecule has 1 heterocycles. The van der Waals surface area contributed by atoms with Crippen molar-refractivity contribution < 1.29 is 9.59 Å². The summed E-state index contributed by atoms with van der Waals surface area (Å²) in [6, 6.07) is 0.0669. The predicted octanol–water partition coefficient (Wildman–Crippen LogP) is 0.697. The number of aryl methyl sites for hydroxylation is 1. The molecule has 1 aromatic heterocycles. The van der Waals surface area contributed by atoms with Crippen molar-refractivity contribution in [3.8, 4) is 0 Å². The Balaban J connectivity index is 2.64. The number of amides is 2. The van der Waals surface area contributed by atoms with Crippen LogP contribution in [0.1, 0.15) is 36.1 Å². The quantitative estimate of drug-likeness (QED) is 0.854. The average molecular weight is 270 g/mol. The highest BCUT2D eigenvalue weighted by Crippen LogP contribution is 2.13. The molecule has 0 aromatic carbocycles. The molecular formula is C11H18N4O2S. The van der Waals surface area contributed by atoms with Crippen LogP contribution in [0, 0.1) is 0 Å². The summed E-state index contributed by atoms with van der Waals surface area (Å²) in [5.74, 6) is -0.378. The third kappa shape index (κ3) is 3.76. The maximum absolute atomic E-state index is 12.1. The molecule has 6 nitrogen and oxygen atoms in total. The van der Waals surface area contributed by atoms with Gasteiger partial charge in [0.2, 0.25) is 5.91 Å². The highest BCUT2D eigenvalue weighted by Gasteiger charge is 2.20. The van der Waals surface area contributed by atoms with Gasteiger partial charge in [-0.2, -0.15) is 0 Å². The molecular weight excluding hydrogens is 252 g/mol. The molecule has 0 fully saturated rings. The molecule has 18 heavy (non-hydrogen) atoms. The average Bonchev–Trinajstić information content (AvgIpc) is 2.74. The predicted molar refractivity (Wildman–Crippen MR) is 69.5 cm³/mol. The molecule has 1 aromatic rings. The van der Waals surface area contributed by atoms with E-state index in [-0.39, 0.29) is 24.4 Å². The Morgan fingerprint density at radius 1 is 1.44 bits per heavy atom. The summed E-state index contributed by atoms with van der Waals surface area (Å²) >= 11 is 1.07. The summed E-state index contributed by atoms with van der Waals surface area (Å²) < 4.78 is 3.77. The molecule has 0 bridgehead atoms. The van der Waals surface area contributed by atoms with Crippen molar-refractivity contribution in [2.45, 2.75) is 33.2 Å². The van der Waals surface area contributed by atoms with Crippen LogP contribution in [0.15, 0.2) is 0 Å². The number of nitrogens with one attached hydrogen (secondary N) is 1. The molecule has 0 saturated heterocycles. The maximum Gasteiger partial charge on any atom is 0.267 e. The first-order valence-corrected chi connectivity index (χ1v) is 6.59. The van der Waals surface area contributed by atoms with E-state index in [2.05, 4.69) is 14.9 Å². The first-order valence-electron chi connectivity index (χ1n) is 5.81. The highest BCUT2D eigenvalue weighted by atomic mass is 32.1. The second kappa shape index (κ2) is 6.44. The van der Waals surface area contributed by atoms with Crippen LogP contribution in [0.2, 0.25) is 0 Å². The van der Waals surface area contributed by atoms with Crippen LogP contribution in [-0.2, 0) is 11.2 Å².